The maximum Gasteiger partial charge on any atom is 0.244 e. The van der Waals surface area contributed by atoms with Crippen molar-refractivity contribution in [1.29, 1.82) is 0 Å². The van der Waals surface area contributed by atoms with E-state index in [0.717, 1.165) is 17.5 Å². The molecular weight excluding hydrogens is 290 g/mol. The van der Waals surface area contributed by atoms with Gasteiger partial charge < -0.3 is 5.32 Å². The predicted octanol–water partition coefficient (Wildman–Crippen LogP) is 4.68. The van der Waals surface area contributed by atoms with Gasteiger partial charge in [-0.2, -0.15) is 11.3 Å². The van der Waals surface area contributed by atoms with Crippen molar-refractivity contribution in [2.24, 2.45) is 0 Å². The molecule has 1 heterocycles. The lowest BCUT2D eigenvalue weighted by Gasteiger charge is -2.16. The van der Waals surface area contributed by atoms with Crippen LogP contribution < -0.4 is 5.32 Å². The summed E-state index contributed by atoms with van der Waals surface area (Å²) in [6.07, 6.45) is 4.22. The number of benzene rings is 1. The molecule has 1 N–H and O–H groups in total. The van der Waals surface area contributed by atoms with Crippen molar-refractivity contribution in [1.82, 2.24) is 5.32 Å². The number of rotatable bonds is 5. The Labute approximate surface area is 128 Å². The van der Waals surface area contributed by atoms with Gasteiger partial charge in [0.1, 0.15) is 0 Å². The Morgan fingerprint density at radius 3 is 2.70 bits per heavy atom. The zero-order valence-corrected chi connectivity index (χ0v) is 12.7. The molecular formula is C16H16ClNOS. The molecule has 1 unspecified atom stereocenters. The smallest absolute Gasteiger partial charge is 0.244 e. The first kappa shape index (κ1) is 14.8. The van der Waals surface area contributed by atoms with Gasteiger partial charge in [0.15, 0.2) is 0 Å². The number of amides is 1. The van der Waals surface area contributed by atoms with Gasteiger partial charge in [-0.05, 0) is 52.6 Å². The monoisotopic (exact) mass is 305 g/mol. The molecule has 1 atom stereocenters. The Hall–Kier alpha value is -1.58. The normalized spacial score (nSPS) is 12.5. The topological polar surface area (TPSA) is 29.1 Å². The second-order valence-corrected chi connectivity index (χ2v) is 5.63. The third-order valence-corrected chi connectivity index (χ3v) is 3.92. The van der Waals surface area contributed by atoms with E-state index in [2.05, 4.69) is 5.32 Å². The third-order valence-electron chi connectivity index (χ3n) is 2.97. The summed E-state index contributed by atoms with van der Waals surface area (Å²) in [5.74, 6) is -0.0852. The average molecular weight is 306 g/mol. The second-order valence-electron chi connectivity index (χ2n) is 4.41. The Balaban J connectivity index is 1.99. The van der Waals surface area contributed by atoms with Gasteiger partial charge in [0.2, 0.25) is 5.91 Å². The number of nitrogens with one attached hydrogen (secondary N) is 1. The molecule has 0 spiro atoms. The minimum atomic E-state index is -0.0852. The number of hydrogen-bond donors (Lipinski definition) is 1. The fourth-order valence-electron chi connectivity index (χ4n) is 1.88. The molecule has 2 rings (SSSR count). The number of carbonyl (C=O) groups is 1. The van der Waals surface area contributed by atoms with Gasteiger partial charge in [-0.25, -0.2) is 0 Å². The molecule has 0 bridgehead atoms. The summed E-state index contributed by atoms with van der Waals surface area (Å²) in [7, 11) is 0. The zero-order valence-electron chi connectivity index (χ0n) is 11.2. The molecule has 1 amide bonds. The van der Waals surface area contributed by atoms with Gasteiger partial charge in [0, 0.05) is 11.1 Å². The number of carbonyl (C=O) groups excluding carboxylic acids is 1. The minimum absolute atomic E-state index is 0.00638. The lowest BCUT2D eigenvalue weighted by atomic mass is 10.0. The first-order chi connectivity index (χ1) is 9.69. The minimum Gasteiger partial charge on any atom is -0.346 e. The van der Waals surface area contributed by atoms with E-state index in [1.165, 1.54) is 0 Å². The SMILES string of the molecule is CCC(NC(=O)/C=C/c1ccsc1)c1ccc(Cl)cc1. The first-order valence-corrected chi connectivity index (χ1v) is 7.77. The van der Waals surface area contributed by atoms with Gasteiger partial charge in [-0.1, -0.05) is 30.7 Å². The fourth-order valence-corrected chi connectivity index (χ4v) is 2.63. The van der Waals surface area contributed by atoms with Crippen molar-refractivity contribution in [3.8, 4) is 0 Å². The van der Waals surface area contributed by atoms with Crippen molar-refractivity contribution in [2.45, 2.75) is 19.4 Å². The molecule has 2 aromatic rings. The van der Waals surface area contributed by atoms with Crippen LogP contribution in [0, 0.1) is 0 Å². The van der Waals surface area contributed by atoms with Crippen molar-refractivity contribution >= 4 is 34.9 Å². The van der Waals surface area contributed by atoms with Crippen LogP contribution in [0.2, 0.25) is 5.02 Å². The van der Waals surface area contributed by atoms with Crippen LogP contribution in [-0.2, 0) is 4.79 Å². The summed E-state index contributed by atoms with van der Waals surface area (Å²) in [6.45, 7) is 2.04. The second kappa shape index (κ2) is 7.27. The Kier molecular flexibility index (Phi) is 5.39. The number of hydrogen-bond acceptors (Lipinski definition) is 2. The van der Waals surface area contributed by atoms with E-state index >= 15 is 0 Å². The summed E-state index contributed by atoms with van der Waals surface area (Å²) in [6, 6.07) is 9.55. The lowest BCUT2D eigenvalue weighted by molar-refractivity contribution is -0.117. The molecule has 2 nitrogen and oxygen atoms in total. The summed E-state index contributed by atoms with van der Waals surface area (Å²) in [5.41, 5.74) is 2.11. The van der Waals surface area contributed by atoms with Gasteiger partial charge >= 0.3 is 0 Å². The zero-order chi connectivity index (χ0) is 14.4. The Morgan fingerprint density at radius 2 is 2.10 bits per heavy atom. The molecule has 0 aliphatic carbocycles. The average Bonchev–Trinajstić information content (AvgIpc) is 2.97. The summed E-state index contributed by atoms with van der Waals surface area (Å²) in [4.78, 5) is 11.9. The van der Waals surface area contributed by atoms with Crippen LogP contribution in [-0.4, -0.2) is 5.91 Å². The highest BCUT2D eigenvalue weighted by Gasteiger charge is 2.10. The predicted molar refractivity (Wildman–Crippen MR) is 86.0 cm³/mol. The summed E-state index contributed by atoms with van der Waals surface area (Å²) in [5, 5.41) is 7.69. The van der Waals surface area contributed by atoms with Crippen LogP contribution in [0.15, 0.2) is 47.2 Å². The van der Waals surface area contributed by atoms with Crippen LogP contribution in [0.4, 0.5) is 0 Å². The van der Waals surface area contributed by atoms with Crippen molar-refractivity contribution in [2.75, 3.05) is 0 Å². The largest absolute Gasteiger partial charge is 0.346 e. The van der Waals surface area contributed by atoms with E-state index in [-0.39, 0.29) is 11.9 Å². The quantitative estimate of drug-likeness (QED) is 0.798. The number of halogens is 1. The highest BCUT2D eigenvalue weighted by Crippen LogP contribution is 2.19. The van der Waals surface area contributed by atoms with E-state index in [1.54, 1.807) is 17.4 Å². The molecule has 0 aliphatic heterocycles. The van der Waals surface area contributed by atoms with E-state index < -0.39 is 0 Å². The van der Waals surface area contributed by atoms with Crippen LogP contribution >= 0.6 is 22.9 Å². The van der Waals surface area contributed by atoms with E-state index in [0.29, 0.717) is 5.02 Å². The molecule has 20 heavy (non-hydrogen) atoms. The molecule has 1 aromatic carbocycles. The molecule has 0 saturated heterocycles. The first-order valence-electron chi connectivity index (χ1n) is 6.45. The molecule has 4 heteroatoms. The maximum absolute atomic E-state index is 11.9. The molecule has 0 saturated carbocycles. The summed E-state index contributed by atoms with van der Waals surface area (Å²) < 4.78 is 0. The summed E-state index contributed by atoms with van der Waals surface area (Å²) >= 11 is 7.49. The standard InChI is InChI=1S/C16H16ClNOS/c1-2-15(13-4-6-14(17)7-5-13)18-16(19)8-3-12-9-10-20-11-12/h3-11,15H,2H2,1H3,(H,18,19)/b8-3+. The van der Waals surface area contributed by atoms with Crippen LogP contribution in [0.25, 0.3) is 6.08 Å². The molecule has 0 fully saturated rings. The van der Waals surface area contributed by atoms with E-state index in [4.69, 9.17) is 11.6 Å². The van der Waals surface area contributed by atoms with E-state index in [9.17, 15) is 4.79 Å². The van der Waals surface area contributed by atoms with Crippen LogP contribution in [0.1, 0.15) is 30.5 Å². The van der Waals surface area contributed by atoms with Gasteiger partial charge in [0.05, 0.1) is 6.04 Å². The van der Waals surface area contributed by atoms with Crippen LogP contribution in [0.3, 0.4) is 0 Å². The van der Waals surface area contributed by atoms with Crippen molar-refractivity contribution in [3.05, 3.63) is 63.3 Å². The highest BCUT2D eigenvalue weighted by molar-refractivity contribution is 7.08. The fraction of sp³-hybridized carbons (Fsp3) is 0.188. The maximum atomic E-state index is 11.9. The molecule has 1 aromatic heterocycles. The molecule has 104 valence electrons. The van der Waals surface area contributed by atoms with Gasteiger partial charge in [-0.3, -0.25) is 4.79 Å². The molecule has 0 radical (unpaired) electrons. The Bertz CT molecular complexity index is 575. The van der Waals surface area contributed by atoms with E-state index in [1.807, 2.05) is 54.1 Å². The van der Waals surface area contributed by atoms with Crippen LogP contribution in [0.5, 0.6) is 0 Å². The van der Waals surface area contributed by atoms with Gasteiger partial charge in [-0.15, -0.1) is 0 Å². The Morgan fingerprint density at radius 1 is 1.35 bits per heavy atom. The molecule has 0 aliphatic rings. The van der Waals surface area contributed by atoms with Gasteiger partial charge in [0.25, 0.3) is 0 Å². The number of thiophene rings is 1. The van der Waals surface area contributed by atoms with Crippen molar-refractivity contribution in [3.63, 3.8) is 0 Å². The highest BCUT2D eigenvalue weighted by atomic mass is 35.5. The van der Waals surface area contributed by atoms with Crippen molar-refractivity contribution < 1.29 is 4.79 Å². The lowest BCUT2D eigenvalue weighted by Crippen LogP contribution is -2.26. The third kappa shape index (κ3) is 4.22.